The van der Waals surface area contributed by atoms with Crippen molar-refractivity contribution in [2.24, 2.45) is 4.99 Å². The Morgan fingerprint density at radius 3 is 2.55 bits per heavy atom. The number of rotatable bonds is 4. The number of aliphatic imine (C=N–C) groups is 1. The summed E-state index contributed by atoms with van der Waals surface area (Å²) in [6, 6.07) is 0. The molecule has 1 heteroatoms. The lowest BCUT2D eigenvalue weighted by molar-refractivity contribution is 1.12. The van der Waals surface area contributed by atoms with Crippen LogP contribution in [-0.2, 0) is 0 Å². The number of nitrogens with zero attached hydrogens (tertiary/aromatic N) is 1. The fourth-order valence-corrected chi connectivity index (χ4v) is 0.803. The molecule has 0 heterocycles. The first-order valence-electron chi connectivity index (χ1n) is 3.59. The van der Waals surface area contributed by atoms with Crippen LogP contribution in [0.25, 0.3) is 0 Å². The van der Waals surface area contributed by atoms with Crippen molar-refractivity contribution >= 4 is 6.72 Å². The van der Waals surface area contributed by atoms with Crippen LogP contribution < -0.4 is 0 Å². The van der Waals surface area contributed by atoms with E-state index in [9.17, 15) is 0 Å². The van der Waals surface area contributed by atoms with Gasteiger partial charge >= 0.3 is 0 Å². The second-order valence-electron chi connectivity index (χ2n) is 2.67. The van der Waals surface area contributed by atoms with E-state index in [2.05, 4.69) is 25.2 Å². The zero-order chi connectivity index (χ0) is 8.69. The molecule has 0 bridgehead atoms. The predicted molar refractivity (Wildman–Crippen MR) is 51.9 cm³/mol. The molecule has 1 nitrogen and oxygen atoms in total. The van der Waals surface area contributed by atoms with E-state index in [1.165, 1.54) is 11.1 Å². The molecule has 0 saturated heterocycles. The molecule has 0 unspecified atom stereocenters. The fraction of sp³-hybridized carbons (Fsp3) is 0.300. The predicted octanol–water partition coefficient (Wildman–Crippen LogP) is 3.11. The third-order valence-corrected chi connectivity index (χ3v) is 1.15. The van der Waals surface area contributed by atoms with Crippen molar-refractivity contribution < 1.29 is 0 Å². The molecule has 0 fully saturated rings. The molecule has 0 radical (unpaired) electrons. The standard InChI is InChI=1S/C10H15N/c1-9(2)8-10(3)6-5-7-11-4/h5-7H,1,4,8H2,2-3H3/b7-5-,10-6+. The molecule has 0 aromatic rings. The third kappa shape index (κ3) is 6.78. The first kappa shape index (κ1) is 9.89. The molecule has 60 valence electrons. The molecule has 0 spiro atoms. The lowest BCUT2D eigenvalue weighted by atomic mass is 10.1. The Morgan fingerprint density at radius 2 is 2.09 bits per heavy atom. The number of allylic oxidation sites excluding steroid dienone is 4. The minimum atomic E-state index is 0.960. The normalized spacial score (nSPS) is 12.0. The monoisotopic (exact) mass is 149 g/mol. The summed E-state index contributed by atoms with van der Waals surface area (Å²) in [5.41, 5.74) is 2.47. The molecule has 0 N–H and O–H groups in total. The van der Waals surface area contributed by atoms with Crippen LogP contribution in [0.3, 0.4) is 0 Å². The van der Waals surface area contributed by atoms with E-state index in [1.807, 2.05) is 19.1 Å². The highest BCUT2D eigenvalue weighted by Crippen LogP contribution is 2.06. The molecule has 0 atom stereocenters. The van der Waals surface area contributed by atoms with Crippen molar-refractivity contribution in [3.05, 3.63) is 36.1 Å². The largest absolute Gasteiger partial charge is 0.273 e. The Morgan fingerprint density at radius 1 is 1.45 bits per heavy atom. The number of hydrogen-bond donors (Lipinski definition) is 0. The van der Waals surface area contributed by atoms with Gasteiger partial charge in [0, 0.05) is 6.20 Å². The minimum Gasteiger partial charge on any atom is -0.273 e. The van der Waals surface area contributed by atoms with Crippen LogP contribution in [-0.4, -0.2) is 6.72 Å². The summed E-state index contributed by atoms with van der Waals surface area (Å²) in [5.74, 6) is 0. The summed E-state index contributed by atoms with van der Waals surface area (Å²) in [7, 11) is 0. The highest BCUT2D eigenvalue weighted by atomic mass is 14.6. The van der Waals surface area contributed by atoms with Crippen LogP contribution in [0.4, 0.5) is 0 Å². The SMILES string of the molecule is C=N/C=C\C=C(/C)CC(=C)C. The summed E-state index contributed by atoms with van der Waals surface area (Å²) in [5, 5.41) is 0. The molecular formula is C10H15N. The maximum atomic E-state index is 3.82. The number of hydrogen-bond acceptors (Lipinski definition) is 1. The van der Waals surface area contributed by atoms with Gasteiger partial charge in [0.2, 0.25) is 0 Å². The van der Waals surface area contributed by atoms with Crippen molar-refractivity contribution in [3.8, 4) is 0 Å². The second kappa shape index (κ2) is 5.66. The van der Waals surface area contributed by atoms with Gasteiger partial charge in [-0.2, -0.15) is 0 Å². The van der Waals surface area contributed by atoms with Crippen LogP contribution in [0.15, 0.2) is 41.1 Å². The van der Waals surface area contributed by atoms with Gasteiger partial charge in [-0.05, 0) is 33.1 Å². The molecule has 0 aliphatic heterocycles. The van der Waals surface area contributed by atoms with Crippen molar-refractivity contribution in [3.63, 3.8) is 0 Å². The van der Waals surface area contributed by atoms with Gasteiger partial charge in [-0.25, -0.2) is 0 Å². The van der Waals surface area contributed by atoms with Crippen LogP contribution in [0.5, 0.6) is 0 Å². The summed E-state index contributed by atoms with van der Waals surface area (Å²) >= 11 is 0. The maximum Gasteiger partial charge on any atom is 0.0260 e. The van der Waals surface area contributed by atoms with E-state index in [-0.39, 0.29) is 0 Å². The maximum absolute atomic E-state index is 3.82. The lowest BCUT2D eigenvalue weighted by Crippen LogP contribution is -1.76. The molecule has 11 heavy (non-hydrogen) atoms. The van der Waals surface area contributed by atoms with Crippen molar-refractivity contribution in [2.45, 2.75) is 20.3 Å². The summed E-state index contributed by atoms with van der Waals surface area (Å²) in [6.07, 6.45) is 6.53. The first-order chi connectivity index (χ1) is 5.16. The van der Waals surface area contributed by atoms with Crippen molar-refractivity contribution in [2.75, 3.05) is 0 Å². The van der Waals surface area contributed by atoms with Crippen LogP contribution in [0.2, 0.25) is 0 Å². The van der Waals surface area contributed by atoms with Gasteiger partial charge < -0.3 is 0 Å². The Labute approximate surface area is 68.9 Å². The van der Waals surface area contributed by atoms with Gasteiger partial charge in [-0.1, -0.05) is 23.8 Å². The molecule has 0 aliphatic rings. The highest BCUT2D eigenvalue weighted by molar-refractivity contribution is 5.26. The van der Waals surface area contributed by atoms with Gasteiger partial charge in [0.25, 0.3) is 0 Å². The van der Waals surface area contributed by atoms with Crippen LogP contribution in [0, 0.1) is 0 Å². The Kier molecular flexibility index (Phi) is 5.09. The fourth-order valence-electron chi connectivity index (χ4n) is 0.803. The topological polar surface area (TPSA) is 12.4 Å². The second-order valence-corrected chi connectivity index (χ2v) is 2.67. The van der Waals surface area contributed by atoms with E-state index < -0.39 is 0 Å². The highest BCUT2D eigenvalue weighted by Gasteiger charge is 1.86. The first-order valence-corrected chi connectivity index (χ1v) is 3.59. The smallest absolute Gasteiger partial charge is 0.0260 e. The molecule has 0 aromatic heterocycles. The van der Waals surface area contributed by atoms with Crippen molar-refractivity contribution in [1.29, 1.82) is 0 Å². The van der Waals surface area contributed by atoms with Crippen LogP contribution in [0.1, 0.15) is 20.3 Å². The van der Waals surface area contributed by atoms with Gasteiger partial charge in [0.1, 0.15) is 0 Å². The van der Waals surface area contributed by atoms with E-state index in [1.54, 1.807) is 6.20 Å². The third-order valence-electron chi connectivity index (χ3n) is 1.15. The Balaban J connectivity index is 3.90. The molecule has 0 saturated carbocycles. The Bertz CT molecular complexity index is 197. The summed E-state index contributed by atoms with van der Waals surface area (Å²) < 4.78 is 0. The zero-order valence-corrected chi connectivity index (χ0v) is 7.30. The average Bonchev–Trinajstić information content (AvgIpc) is 1.86. The van der Waals surface area contributed by atoms with Crippen molar-refractivity contribution in [1.82, 2.24) is 0 Å². The van der Waals surface area contributed by atoms with E-state index in [4.69, 9.17) is 0 Å². The molecule has 0 aliphatic carbocycles. The molecule has 0 aromatic carbocycles. The van der Waals surface area contributed by atoms with E-state index >= 15 is 0 Å². The van der Waals surface area contributed by atoms with E-state index in [0.29, 0.717) is 0 Å². The van der Waals surface area contributed by atoms with Crippen LogP contribution >= 0.6 is 0 Å². The summed E-state index contributed by atoms with van der Waals surface area (Å²) in [6.45, 7) is 11.2. The van der Waals surface area contributed by atoms with Gasteiger partial charge in [0.05, 0.1) is 0 Å². The minimum absolute atomic E-state index is 0.960. The zero-order valence-electron chi connectivity index (χ0n) is 7.30. The Hall–Kier alpha value is -1.11. The molecule has 0 amide bonds. The molecule has 0 rings (SSSR count). The quantitative estimate of drug-likeness (QED) is 0.331. The molecular weight excluding hydrogens is 134 g/mol. The van der Waals surface area contributed by atoms with Gasteiger partial charge in [-0.15, -0.1) is 0 Å². The average molecular weight is 149 g/mol. The summed E-state index contributed by atoms with van der Waals surface area (Å²) in [4.78, 5) is 3.59. The van der Waals surface area contributed by atoms with E-state index in [0.717, 1.165) is 6.42 Å². The van der Waals surface area contributed by atoms with Gasteiger partial charge in [-0.3, -0.25) is 4.99 Å². The lowest BCUT2D eigenvalue weighted by Gasteiger charge is -1.96. The van der Waals surface area contributed by atoms with Gasteiger partial charge in [0.15, 0.2) is 0 Å².